The van der Waals surface area contributed by atoms with Crippen molar-refractivity contribution < 1.29 is 0 Å². The molecular weight excluding hydrogens is 627 g/mol. The third-order valence-corrected chi connectivity index (χ3v) is 11.2. The summed E-state index contributed by atoms with van der Waals surface area (Å²) in [6.45, 7) is 0. The van der Waals surface area contributed by atoms with Crippen LogP contribution in [0.2, 0.25) is 0 Å². The molecule has 4 heteroatoms. The van der Waals surface area contributed by atoms with Crippen molar-refractivity contribution in [2.75, 3.05) is 0 Å². The van der Waals surface area contributed by atoms with Gasteiger partial charge in [-0.25, -0.2) is 9.97 Å². The zero-order valence-corrected chi connectivity index (χ0v) is 28.1. The Labute approximate surface area is 293 Å². The van der Waals surface area contributed by atoms with E-state index in [-0.39, 0.29) is 0 Å². The Kier molecular flexibility index (Phi) is 6.81. The minimum Gasteiger partial charge on any atom is -0.278 e. The Morgan fingerprint density at radius 2 is 1.20 bits per heavy atom. The Morgan fingerprint density at radius 3 is 2.06 bits per heavy atom. The zero-order chi connectivity index (χ0) is 33.0. The highest BCUT2D eigenvalue weighted by Gasteiger charge is 2.18. The fourth-order valence-corrected chi connectivity index (χ4v) is 8.88. The summed E-state index contributed by atoms with van der Waals surface area (Å²) < 4.78 is 4.98. The molecule has 0 saturated carbocycles. The molecule has 0 spiro atoms. The van der Waals surface area contributed by atoms with E-state index in [1.54, 1.807) is 0 Å². The number of thiophene rings is 1. The smallest absolute Gasteiger partial charge is 0.235 e. The molecule has 1 aliphatic carbocycles. The SMILES string of the molecule is C1=c2c(sc3ccccc23)=C(c2ccc3c4ccccc4n(-c4nccc(-c5ccc(-c6cccc(-c7ccccc7)c6)cc5)n4)c3c2)CC1. The van der Waals surface area contributed by atoms with E-state index in [9.17, 15) is 0 Å². The molecule has 9 aromatic rings. The maximum absolute atomic E-state index is 5.19. The largest absolute Gasteiger partial charge is 0.278 e. The first-order valence-electron chi connectivity index (χ1n) is 17.1. The standard InChI is InChI=1S/C46H31N3S/c1-2-10-30(11-3-1)33-12-8-13-34(28-33)31-20-22-32(23-21-31)41-26-27-47-46(48-41)49-42-18-6-4-14-37(42)38-25-24-35(29-43(38)49)36-16-9-17-40-39-15-5-7-19-44(39)50-45(36)40/h1-8,10-15,17-29H,9,16H2. The lowest BCUT2D eigenvalue weighted by molar-refractivity contribution is 0.991. The van der Waals surface area contributed by atoms with Gasteiger partial charge < -0.3 is 0 Å². The third-order valence-electron chi connectivity index (χ3n) is 10.00. The summed E-state index contributed by atoms with van der Waals surface area (Å²) in [5, 5.41) is 5.16. The summed E-state index contributed by atoms with van der Waals surface area (Å²) in [5.74, 6) is 0.676. The monoisotopic (exact) mass is 657 g/mol. The maximum Gasteiger partial charge on any atom is 0.235 e. The summed E-state index contributed by atoms with van der Waals surface area (Å²) in [5.41, 5.74) is 11.7. The molecule has 0 bridgehead atoms. The van der Waals surface area contributed by atoms with Crippen LogP contribution in [0.25, 0.3) is 83.0 Å². The van der Waals surface area contributed by atoms with E-state index < -0.39 is 0 Å². The molecule has 0 saturated heterocycles. The molecule has 236 valence electrons. The first-order valence-corrected chi connectivity index (χ1v) is 17.9. The predicted octanol–water partition coefficient (Wildman–Crippen LogP) is 10.6. The molecule has 50 heavy (non-hydrogen) atoms. The average molecular weight is 658 g/mol. The lowest BCUT2D eigenvalue weighted by atomic mass is 9.96. The van der Waals surface area contributed by atoms with Crippen molar-refractivity contribution in [1.29, 1.82) is 0 Å². The van der Waals surface area contributed by atoms with Gasteiger partial charge in [-0.05, 0) is 87.2 Å². The Hall–Kier alpha value is -6.10. The van der Waals surface area contributed by atoms with Crippen LogP contribution in [0.3, 0.4) is 0 Å². The minimum absolute atomic E-state index is 0.676. The second-order valence-corrected chi connectivity index (χ2v) is 14.0. The van der Waals surface area contributed by atoms with Crippen molar-refractivity contribution in [3.05, 3.63) is 173 Å². The molecule has 3 nitrogen and oxygen atoms in total. The van der Waals surface area contributed by atoms with Crippen LogP contribution in [0.15, 0.2) is 158 Å². The van der Waals surface area contributed by atoms with Crippen molar-refractivity contribution >= 4 is 54.9 Å². The van der Waals surface area contributed by atoms with Crippen LogP contribution in [-0.2, 0) is 0 Å². The summed E-state index contributed by atoms with van der Waals surface area (Å²) in [7, 11) is 0. The van der Waals surface area contributed by atoms with E-state index in [4.69, 9.17) is 9.97 Å². The van der Waals surface area contributed by atoms with Gasteiger partial charge in [0.15, 0.2) is 0 Å². The van der Waals surface area contributed by atoms with Crippen LogP contribution < -0.4 is 9.75 Å². The van der Waals surface area contributed by atoms with Crippen LogP contribution in [0, 0.1) is 0 Å². The first-order chi connectivity index (χ1) is 24.8. The molecule has 3 heterocycles. The van der Waals surface area contributed by atoms with E-state index in [0.29, 0.717) is 5.95 Å². The van der Waals surface area contributed by atoms with Gasteiger partial charge in [-0.3, -0.25) is 4.57 Å². The highest BCUT2D eigenvalue weighted by molar-refractivity contribution is 7.17. The topological polar surface area (TPSA) is 30.7 Å². The molecule has 1 aliphatic rings. The van der Waals surface area contributed by atoms with Crippen LogP contribution >= 0.6 is 11.3 Å². The summed E-state index contributed by atoms with van der Waals surface area (Å²) in [4.78, 5) is 10.1. The van der Waals surface area contributed by atoms with E-state index in [0.717, 1.165) is 35.1 Å². The normalized spacial score (nSPS) is 12.8. The molecule has 0 aliphatic heterocycles. The zero-order valence-electron chi connectivity index (χ0n) is 27.3. The number of para-hydroxylation sites is 1. The molecule has 0 radical (unpaired) electrons. The lowest BCUT2D eigenvalue weighted by Gasteiger charge is -2.12. The van der Waals surface area contributed by atoms with E-state index in [1.807, 2.05) is 23.6 Å². The highest BCUT2D eigenvalue weighted by atomic mass is 32.1. The van der Waals surface area contributed by atoms with E-state index in [2.05, 4.69) is 156 Å². The van der Waals surface area contributed by atoms with Crippen molar-refractivity contribution in [2.24, 2.45) is 0 Å². The molecule has 10 rings (SSSR count). The van der Waals surface area contributed by atoms with Crippen molar-refractivity contribution in [1.82, 2.24) is 14.5 Å². The number of hydrogen-bond donors (Lipinski definition) is 0. The van der Waals surface area contributed by atoms with Crippen LogP contribution in [-0.4, -0.2) is 14.5 Å². The number of benzene rings is 6. The van der Waals surface area contributed by atoms with Gasteiger partial charge in [-0.1, -0.05) is 127 Å². The molecule has 3 aromatic heterocycles. The predicted molar refractivity (Wildman–Crippen MR) is 210 cm³/mol. The lowest BCUT2D eigenvalue weighted by Crippen LogP contribution is -2.25. The fraction of sp³-hybridized carbons (Fsp3) is 0.0435. The fourth-order valence-electron chi connectivity index (χ4n) is 7.58. The highest BCUT2D eigenvalue weighted by Crippen LogP contribution is 2.35. The van der Waals surface area contributed by atoms with Gasteiger partial charge in [0.1, 0.15) is 0 Å². The van der Waals surface area contributed by atoms with Crippen molar-refractivity contribution in [3.8, 4) is 39.5 Å². The third kappa shape index (κ3) is 4.80. The molecule has 0 unspecified atom stereocenters. The molecule has 0 atom stereocenters. The summed E-state index contributed by atoms with van der Waals surface area (Å²) in [6.07, 6.45) is 6.38. The van der Waals surface area contributed by atoms with Gasteiger partial charge in [-0.15, -0.1) is 11.3 Å². The molecular formula is C46H31N3S. The van der Waals surface area contributed by atoms with Gasteiger partial charge in [0.05, 0.1) is 16.7 Å². The number of aromatic nitrogens is 3. The van der Waals surface area contributed by atoms with Gasteiger partial charge in [0, 0.05) is 31.8 Å². The number of fused-ring (bicyclic) bond motifs is 6. The first kappa shape index (κ1) is 28.9. The maximum atomic E-state index is 5.19. The van der Waals surface area contributed by atoms with Crippen molar-refractivity contribution in [2.45, 2.75) is 12.8 Å². The second kappa shape index (κ2) is 11.8. The molecule has 0 N–H and O–H groups in total. The molecule has 0 amide bonds. The number of nitrogens with zero attached hydrogens (tertiary/aromatic N) is 3. The Morgan fingerprint density at radius 1 is 0.520 bits per heavy atom. The van der Waals surface area contributed by atoms with E-state index in [1.165, 1.54) is 64.0 Å². The van der Waals surface area contributed by atoms with Gasteiger partial charge in [0.2, 0.25) is 5.95 Å². The number of hydrogen-bond acceptors (Lipinski definition) is 3. The van der Waals surface area contributed by atoms with Gasteiger partial charge in [0.25, 0.3) is 0 Å². The minimum atomic E-state index is 0.676. The van der Waals surface area contributed by atoms with Crippen LogP contribution in [0.5, 0.6) is 0 Å². The Balaban J connectivity index is 1.07. The second-order valence-electron chi connectivity index (χ2n) is 12.9. The Bertz CT molecular complexity index is 2860. The van der Waals surface area contributed by atoms with Gasteiger partial charge in [-0.2, -0.15) is 0 Å². The molecule has 0 fully saturated rings. The number of rotatable bonds is 5. The van der Waals surface area contributed by atoms with Crippen LogP contribution in [0.4, 0.5) is 0 Å². The quantitative estimate of drug-likeness (QED) is 0.184. The average Bonchev–Trinajstić information content (AvgIpc) is 3.74. The molecule has 6 aromatic carbocycles. The van der Waals surface area contributed by atoms with Crippen LogP contribution in [0.1, 0.15) is 18.4 Å². The summed E-state index contributed by atoms with van der Waals surface area (Å²) in [6, 6.07) is 54.3. The van der Waals surface area contributed by atoms with Crippen molar-refractivity contribution in [3.63, 3.8) is 0 Å². The van der Waals surface area contributed by atoms with E-state index >= 15 is 0 Å². The van der Waals surface area contributed by atoms with Gasteiger partial charge >= 0.3 is 0 Å². The summed E-state index contributed by atoms with van der Waals surface area (Å²) >= 11 is 1.91.